The van der Waals surface area contributed by atoms with E-state index in [-0.39, 0.29) is 29.5 Å². The molecule has 0 radical (unpaired) electrons. The molecule has 41 heavy (non-hydrogen) atoms. The zero-order valence-electron chi connectivity index (χ0n) is 23.8. The number of nitrogens with zero attached hydrogens (tertiary/aromatic N) is 1. The first kappa shape index (κ1) is 30.1. The first-order chi connectivity index (χ1) is 19.5. The number of phenols is 1. The molecule has 3 aromatic carbocycles. The lowest BCUT2D eigenvalue weighted by Crippen LogP contribution is -2.58. The van der Waals surface area contributed by atoms with Crippen molar-refractivity contribution in [2.75, 3.05) is 5.88 Å². The molecule has 3 atom stereocenters. The number of hydrogen-bond donors (Lipinski definition) is 4. The van der Waals surface area contributed by atoms with E-state index in [9.17, 15) is 24.6 Å². The van der Waals surface area contributed by atoms with Gasteiger partial charge in [0.15, 0.2) is 6.10 Å². The first-order valence-corrected chi connectivity index (χ1v) is 14.6. The third-order valence-corrected chi connectivity index (χ3v) is 8.97. The van der Waals surface area contributed by atoms with Gasteiger partial charge < -0.3 is 25.7 Å². The molecule has 1 heterocycles. The Balaban J connectivity index is 1.56. The van der Waals surface area contributed by atoms with Gasteiger partial charge in [0.05, 0.1) is 11.9 Å². The Morgan fingerprint density at radius 3 is 2.39 bits per heavy atom. The average Bonchev–Trinajstić information content (AvgIpc) is 3.28. The maximum atomic E-state index is 13.8. The number of rotatable bonds is 9. The second kappa shape index (κ2) is 12.8. The van der Waals surface area contributed by atoms with E-state index in [1.165, 1.54) is 22.7 Å². The van der Waals surface area contributed by atoms with Gasteiger partial charge in [-0.25, -0.2) is 0 Å². The molecule has 1 saturated heterocycles. The SMILES string of the molecule is Cc1ccccc1CNC(=O)C1N(C(=O)[C@@H](O)[C@H](Cc2ccccc2)NC(=O)c2cccc(O)c2C)CSC1(C)C. The van der Waals surface area contributed by atoms with Crippen molar-refractivity contribution in [2.45, 2.75) is 63.6 Å². The summed E-state index contributed by atoms with van der Waals surface area (Å²) in [5.41, 5.74) is 3.50. The molecule has 3 aromatic rings. The minimum Gasteiger partial charge on any atom is -0.508 e. The van der Waals surface area contributed by atoms with Crippen LogP contribution in [0.15, 0.2) is 72.8 Å². The largest absolute Gasteiger partial charge is 0.508 e. The smallest absolute Gasteiger partial charge is 0.254 e. The summed E-state index contributed by atoms with van der Waals surface area (Å²) >= 11 is 1.46. The fourth-order valence-electron chi connectivity index (χ4n) is 5.07. The molecule has 1 fully saturated rings. The van der Waals surface area contributed by atoms with Gasteiger partial charge in [-0.2, -0.15) is 0 Å². The van der Waals surface area contributed by atoms with Gasteiger partial charge in [0.2, 0.25) is 5.91 Å². The predicted molar refractivity (Wildman–Crippen MR) is 160 cm³/mol. The van der Waals surface area contributed by atoms with Crippen LogP contribution in [0.5, 0.6) is 5.75 Å². The molecule has 8 nitrogen and oxygen atoms in total. The van der Waals surface area contributed by atoms with E-state index < -0.39 is 34.7 Å². The third kappa shape index (κ3) is 6.92. The number of carbonyl (C=O) groups excluding carboxylic acids is 3. The number of hydrogen-bond acceptors (Lipinski definition) is 6. The van der Waals surface area contributed by atoms with Crippen molar-refractivity contribution in [3.63, 3.8) is 0 Å². The highest BCUT2D eigenvalue weighted by Gasteiger charge is 2.49. The van der Waals surface area contributed by atoms with Gasteiger partial charge in [-0.05, 0) is 62.9 Å². The van der Waals surface area contributed by atoms with Crippen molar-refractivity contribution in [1.29, 1.82) is 0 Å². The van der Waals surface area contributed by atoms with Crippen LogP contribution in [0.1, 0.15) is 46.5 Å². The summed E-state index contributed by atoms with van der Waals surface area (Å²) in [6.45, 7) is 7.74. The summed E-state index contributed by atoms with van der Waals surface area (Å²) in [7, 11) is 0. The maximum absolute atomic E-state index is 13.8. The summed E-state index contributed by atoms with van der Waals surface area (Å²) < 4.78 is -0.595. The lowest BCUT2D eigenvalue weighted by atomic mass is 9.96. The van der Waals surface area contributed by atoms with Crippen molar-refractivity contribution in [2.24, 2.45) is 0 Å². The molecule has 4 rings (SSSR count). The Labute approximate surface area is 245 Å². The van der Waals surface area contributed by atoms with E-state index in [1.807, 2.05) is 75.4 Å². The molecule has 0 saturated carbocycles. The van der Waals surface area contributed by atoms with Gasteiger partial charge in [-0.3, -0.25) is 14.4 Å². The quantitative estimate of drug-likeness (QED) is 0.309. The van der Waals surface area contributed by atoms with E-state index in [2.05, 4.69) is 10.6 Å². The monoisotopic (exact) mass is 575 g/mol. The number of amides is 3. The number of aryl methyl sites for hydroxylation is 1. The Morgan fingerprint density at radius 2 is 1.68 bits per heavy atom. The number of phenolic OH excluding ortho intramolecular Hbond substituents is 1. The summed E-state index contributed by atoms with van der Waals surface area (Å²) in [5.74, 6) is -1.25. The second-order valence-electron chi connectivity index (χ2n) is 10.9. The number of thioether (sulfide) groups is 1. The second-order valence-corrected chi connectivity index (χ2v) is 12.5. The number of aliphatic hydroxyl groups is 1. The molecular weight excluding hydrogens is 538 g/mol. The zero-order chi connectivity index (χ0) is 29.7. The van der Waals surface area contributed by atoms with Gasteiger partial charge >= 0.3 is 0 Å². The van der Waals surface area contributed by atoms with Crippen LogP contribution in [0.3, 0.4) is 0 Å². The minimum absolute atomic E-state index is 0.0234. The lowest BCUT2D eigenvalue weighted by Gasteiger charge is -2.33. The molecule has 1 aliphatic heterocycles. The van der Waals surface area contributed by atoms with Crippen LogP contribution in [0, 0.1) is 13.8 Å². The summed E-state index contributed by atoms with van der Waals surface area (Å²) in [5, 5.41) is 27.3. The van der Waals surface area contributed by atoms with Crippen molar-refractivity contribution in [3.8, 4) is 5.75 Å². The van der Waals surface area contributed by atoms with Crippen LogP contribution in [0.2, 0.25) is 0 Å². The summed E-state index contributed by atoms with van der Waals surface area (Å²) in [6, 6.07) is 19.9. The maximum Gasteiger partial charge on any atom is 0.254 e. The number of carbonyl (C=O) groups is 3. The molecule has 0 aromatic heterocycles. The van der Waals surface area contributed by atoms with Crippen LogP contribution >= 0.6 is 11.8 Å². The molecule has 0 spiro atoms. The van der Waals surface area contributed by atoms with Gasteiger partial charge in [-0.15, -0.1) is 11.8 Å². The average molecular weight is 576 g/mol. The van der Waals surface area contributed by atoms with Crippen molar-refractivity contribution < 1.29 is 24.6 Å². The molecule has 1 aliphatic rings. The van der Waals surface area contributed by atoms with E-state index >= 15 is 0 Å². The Bertz CT molecular complexity index is 1410. The third-order valence-electron chi connectivity index (χ3n) is 7.59. The van der Waals surface area contributed by atoms with Crippen LogP contribution in [-0.4, -0.2) is 61.6 Å². The number of aromatic hydroxyl groups is 1. The highest BCUT2D eigenvalue weighted by Crippen LogP contribution is 2.40. The lowest BCUT2D eigenvalue weighted by molar-refractivity contribution is -0.147. The molecule has 0 bridgehead atoms. The molecule has 0 aliphatic carbocycles. The standard InChI is InChI=1S/C32H37N3O5S/c1-20-11-8-9-14-23(20)18-33-30(39)28-32(3,4)41-19-35(28)31(40)27(37)25(17-22-12-6-5-7-13-22)34-29(38)24-15-10-16-26(36)21(24)2/h5-16,25,27-28,36-37H,17-19H2,1-4H3,(H,33,39)(H,34,38)/t25-,27-,28?/m0/s1. The van der Waals surface area contributed by atoms with Crippen LogP contribution in [0.4, 0.5) is 0 Å². The number of aliphatic hydroxyl groups excluding tert-OH is 1. The topological polar surface area (TPSA) is 119 Å². The highest BCUT2D eigenvalue weighted by atomic mass is 32.2. The number of nitrogens with one attached hydrogen (secondary N) is 2. The van der Waals surface area contributed by atoms with Gasteiger partial charge in [-0.1, -0.05) is 60.7 Å². The first-order valence-electron chi connectivity index (χ1n) is 13.6. The van der Waals surface area contributed by atoms with Crippen LogP contribution in [0.25, 0.3) is 0 Å². The zero-order valence-corrected chi connectivity index (χ0v) is 24.6. The molecule has 1 unspecified atom stereocenters. The fourth-order valence-corrected chi connectivity index (χ4v) is 6.21. The van der Waals surface area contributed by atoms with Crippen molar-refractivity contribution in [1.82, 2.24) is 15.5 Å². The van der Waals surface area contributed by atoms with E-state index in [4.69, 9.17) is 0 Å². The van der Waals surface area contributed by atoms with Crippen molar-refractivity contribution in [3.05, 3.63) is 101 Å². The van der Waals surface area contributed by atoms with Crippen molar-refractivity contribution >= 4 is 29.5 Å². The fraction of sp³-hybridized carbons (Fsp3) is 0.344. The van der Waals surface area contributed by atoms with Crippen LogP contribution in [-0.2, 0) is 22.6 Å². The normalized spacial score (nSPS) is 17.5. The Kier molecular flexibility index (Phi) is 9.40. The van der Waals surface area contributed by atoms with E-state index in [0.717, 1.165) is 16.7 Å². The van der Waals surface area contributed by atoms with E-state index in [0.29, 0.717) is 12.1 Å². The summed E-state index contributed by atoms with van der Waals surface area (Å²) in [4.78, 5) is 42.0. The highest BCUT2D eigenvalue weighted by molar-refractivity contribution is 8.00. The molecule has 216 valence electrons. The summed E-state index contributed by atoms with van der Waals surface area (Å²) in [6.07, 6.45) is -1.43. The molecular formula is C32H37N3O5S. The number of benzene rings is 3. The van der Waals surface area contributed by atoms with E-state index in [1.54, 1.807) is 19.1 Å². The van der Waals surface area contributed by atoms with Gasteiger partial charge in [0.25, 0.3) is 11.8 Å². The molecule has 4 N–H and O–H groups in total. The molecule has 9 heteroatoms. The molecule has 3 amide bonds. The van der Waals surface area contributed by atoms with Crippen LogP contribution < -0.4 is 10.6 Å². The Hall–Kier alpha value is -3.82. The Morgan fingerprint density at radius 1 is 1.00 bits per heavy atom. The predicted octanol–water partition coefficient (Wildman–Crippen LogP) is 3.71. The minimum atomic E-state index is -1.61. The van der Waals surface area contributed by atoms with Gasteiger partial charge in [0, 0.05) is 22.4 Å². The van der Waals surface area contributed by atoms with Gasteiger partial charge in [0.1, 0.15) is 11.8 Å².